The highest BCUT2D eigenvalue weighted by atomic mass is 32.2. The second-order valence-corrected chi connectivity index (χ2v) is 9.67. The largest absolute Gasteiger partial charge is 0.477 e. The van der Waals surface area contributed by atoms with Gasteiger partial charge in [0, 0.05) is 22.8 Å². The summed E-state index contributed by atoms with van der Waals surface area (Å²) >= 11 is 1.31. The van der Waals surface area contributed by atoms with Crippen LogP contribution < -0.4 is 15.6 Å². The molecule has 1 fully saturated rings. The number of oxime groups is 1. The smallest absolute Gasteiger partial charge is 0.352 e. The molecule has 5 heterocycles. The van der Waals surface area contributed by atoms with Gasteiger partial charge in [-0.2, -0.15) is 9.55 Å². The van der Waals surface area contributed by atoms with Crippen molar-refractivity contribution in [3.8, 4) is 0 Å². The van der Waals surface area contributed by atoms with Crippen molar-refractivity contribution in [2.24, 2.45) is 5.16 Å². The number of rotatable bonds is 10. The zero-order valence-corrected chi connectivity index (χ0v) is 21.8. The Kier molecular flexibility index (Phi) is 7.41. The van der Waals surface area contributed by atoms with Gasteiger partial charge in [-0.1, -0.05) is 5.16 Å². The molecule has 16 heteroatoms. The van der Waals surface area contributed by atoms with Crippen molar-refractivity contribution in [3.63, 3.8) is 0 Å². The van der Waals surface area contributed by atoms with Gasteiger partial charge in [-0.15, -0.1) is 11.8 Å². The van der Waals surface area contributed by atoms with E-state index in [2.05, 4.69) is 15.5 Å². The summed E-state index contributed by atoms with van der Waals surface area (Å²) in [4.78, 5) is 59.9. The Morgan fingerprint density at radius 1 is 1.35 bits per heavy atom. The Hall–Kier alpha value is -4.86. The number of furan rings is 1. The number of pyridine rings is 1. The summed E-state index contributed by atoms with van der Waals surface area (Å²) in [6.07, 6.45) is 6.16. The zero-order valence-electron chi connectivity index (χ0n) is 20.9. The molecule has 208 valence electrons. The number of aliphatic carboxylic acids is 1. The maximum Gasteiger partial charge on any atom is 0.352 e. The van der Waals surface area contributed by atoms with E-state index in [1.165, 1.54) is 11.8 Å². The van der Waals surface area contributed by atoms with Crippen LogP contribution >= 0.6 is 11.8 Å². The first-order valence-corrected chi connectivity index (χ1v) is 13.0. The van der Waals surface area contributed by atoms with Gasteiger partial charge >= 0.3 is 11.9 Å². The lowest BCUT2D eigenvalue weighted by Gasteiger charge is -2.49. The Morgan fingerprint density at radius 3 is 2.90 bits per heavy atom. The number of hydrogen-bond donors (Lipinski definition) is 3. The number of carboxylic acid groups (broad SMARTS) is 1. The lowest BCUT2D eigenvalue weighted by molar-refractivity contribution is -0.688. The van der Waals surface area contributed by atoms with Crippen LogP contribution in [0, 0.1) is 0 Å². The Morgan fingerprint density at radius 2 is 2.17 bits per heavy atom. The van der Waals surface area contributed by atoms with Crippen molar-refractivity contribution in [1.82, 2.24) is 15.2 Å². The number of hydrogen-bond acceptors (Lipinski definition) is 12. The zero-order chi connectivity index (χ0) is 28.4. The predicted molar refractivity (Wildman–Crippen MR) is 136 cm³/mol. The van der Waals surface area contributed by atoms with E-state index in [1.807, 2.05) is 12.1 Å². The van der Waals surface area contributed by atoms with Gasteiger partial charge in [-0.3, -0.25) is 14.5 Å². The van der Waals surface area contributed by atoms with Crippen molar-refractivity contribution in [2.75, 3.05) is 24.7 Å². The minimum Gasteiger partial charge on any atom is -0.477 e. The van der Waals surface area contributed by atoms with Crippen LogP contribution in [0.25, 0.3) is 11.0 Å². The van der Waals surface area contributed by atoms with Crippen molar-refractivity contribution in [2.45, 2.75) is 24.9 Å². The molecule has 0 aliphatic carbocycles. The second kappa shape index (κ2) is 11.1. The fourth-order valence-electron chi connectivity index (χ4n) is 4.23. The molecule has 2 aliphatic rings. The topological polar surface area (TPSA) is 204 Å². The van der Waals surface area contributed by atoms with E-state index in [-0.39, 0.29) is 30.6 Å². The molecule has 4 N–H and O–H groups in total. The predicted octanol–water partition coefficient (Wildman–Crippen LogP) is 0.0131. The first-order valence-electron chi connectivity index (χ1n) is 11.9. The third-order valence-electron chi connectivity index (χ3n) is 5.99. The molecule has 5 rings (SSSR count). The van der Waals surface area contributed by atoms with Crippen molar-refractivity contribution >= 4 is 58.2 Å². The van der Waals surface area contributed by atoms with Crippen LogP contribution in [-0.4, -0.2) is 74.8 Å². The number of carbonyl (C=O) groups is 4. The monoisotopic (exact) mass is 571 g/mol. The molecule has 1 unspecified atom stereocenters. The second-order valence-electron chi connectivity index (χ2n) is 8.56. The molecule has 3 aromatic heterocycles. The van der Waals surface area contributed by atoms with Crippen LogP contribution in [0.4, 0.5) is 6.01 Å². The van der Waals surface area contributed by atoms with Gasteiger partial charge in [0.05, 0.1) is 12.9 Å². The minimum absolute atomic E-state index is 0.0993. The molecule has 0 saturated carbocycles. The first-order chi connectivity index (χ1) is 19.3. The summed E-state index contributed by atoms with van der Waals surface area (Å²) in [5.74, 6) is -3.15. The quantitative estimate of drug-likeness (QED) is 0.0968. The molecule has 3 aromatic rings. The van der Waals surface area contributed by atoms with Crippen molar-refractivity contribution in [3.05, 3.63) is 54.0 Å². The van der Waals surface area contributed by atoms with Crippen LogP contribution in [0.5, 0.6) is 0 Å². The number of aromatic nitrogens is 2. The average Bonchev–Trinajstić information content (AvgIpc) is 3.57. The number of nitrogen functional groups attached to an aromatic ring is 1. The number of anilines is 1. The minimum atomic E-state index is -1.26. The number of thioether (sulfide) groups is 1. The molecule has 2 aliphatic heterocycles. The van der Waals surface area contributed by atoms with Crippen LogP contribution in [-0.2, 0) is 35.3 Å². The van der Waals surface area contributed by atoms with E-state index >= 15 is 0 Å². The third-order valence-corrected chi connectivity index (χ3v) is 7.33. The SMILES string of the molecule is CCOC(=O)CON=C(C(=O)NC1C(=O)N2C(C(=O)O)=C(C[n+]3ccc4ccoc4c3)CS[C@H]12)c1coc(N)n1. The highest BCUT2D eigenvalue weighted by Crippen LogP contribution is 2.40. The van der Waals surface area contributed by atoms with Gasteiger partial charge in [0.1, 0.15) is 29.1 Å². The molecule has 0 bridgehead atoms. The summed E-state index contributed by atoms with van der Waals surface area (Å²) in [5.41, 5.74) is 6.03. The maximum atomic E-state index is 13.1. The van der Waals surface area contributed by atoms with Gasteiger partial charge in [-0.25, -0.2) is 9.59 Å². The number of nitrogens with zero attached hydrogens (tertiary/aromatic N) is 4. The molecule has 0 spiro atoms. The molecule has 15 nitrogen and oxygen atoms in total. The van der Waals surface area contributed by atoms with Crippen LogP contribution in [0.2, 0.25) is 0 Å². The molecule has 2 amide bonds. The van der Waals surface area contributed by atoms with Gasteiger partial charge < -0.3 is 34.6 Å². The van der Waals surface area contributed by atoms with E-state index in [4.69, 9.17) is 24.1 Å². The van der Waals surface area contributed by atoms with Gasteiger partial charge in [0.25, 0.3) is 17.8 Å². The highest BCUT2D eigenvalue weighted by Gasteiger charge is 2.54. The number of nitrogens with two attached hydrogens (primary N) is 1. The van der Waals surface area contributed by atoms with Crippen LogP contribution in [0.3, 0.4) is 0 Å². The number of oxazole rings is 1. The highest BCUT2D eigenvalue weighted by molar-refractivity contribution is 8.00. The summed E-state index contributed by atoms with van der Waals surface area (Å²) in [7, 11) is 0. The van der Waals surface area contributed by atoms with Gasteiger partial charge in [-0.05, 0) is 13.0 Å². The van der Waals surface area contributed by atoms with Crippen molar-refractivity contribution < 1.29 is 47.3 Å². The number of nitrogens with one attached hydrogen (secondary N) is 1. The third kappa shape index (κ3) is 5.20. The average molecular weight is 572 g/mol. The summed E-state index contributed by atoms with van der Waals surface area (Å²) in [6, 6.07) is 2.36. The normalized spacial score (nSPS) is 18.8. The molecule has 1 saturated heterocycles. The standard InChI is InChI=1S/C24H22N6O9S/c1-2-36-16(31)10-39-28-17(14-9-38-24(25)26-14)20(32)27-18-21(33)30-19(23(34)35)13(11-40-22(18)30)7-29-5-3-12-4-6-37-15(12)8-29/h3-6,8-9,18,22H,2,7,10-11H2,1H3,(H3-,25,26,27,32,34,35)/p+1/t18?,22-/m1/s1. The van der Waals surface area contributed by atoms with Crippen LogP contribution in [0.1, 0.15) is 12.6 Å². The van der Waals surface area contributed by atoms with Gasteiger partial charge in [0.2, 0.25) is 12.8 Å². The number of ether oxygens (including phenoxy) is 1. The fraction of sp³-hybridized carbons (Fsp3) is 0.292. The number of fused-ring (bicyclic) bond motifs is 2. The van der Waals surface area contributed by atoms with E-state index in [0.29, 0.717) is 16.9 Å². The molecular weight excluding hydrogens is 548 g/mol. The van der Waals surface area contributed by atoms with Gasteiger partial charge in [0.15, 0.2) is 24.0 Å². The molecule has 40 heavy (non-hydrogen) atoms. The maximum absolute atomic E-state index is 13.1. The van der Waals surface area contributed by atoms with E-state index in [1.54, 1.807) is 30.1 Å². The number of amides is 2. The summed E-state index contributed by atoms with van der Waals surface area (Å²) < 4.78 is 16.9. The molecular formula is C24H23N6O9S+. The number of β-lactam (4-membered cyclic amide) rings is 1. The fourth-order valence-corrected chi connectivity index (χ4v) is 5.56. The van der Waals surface area contributed by atoms with Crippen LogP contribution in [0.15, 0.2) is 62.3 Å². The Bertz CT molecular complexity index is 1560. The first kappa shape index (κ1) is 26.7. The molecule has 0 aromatic carbocycles. The summed E-state index contributed by atoms with van der Waals surface area (Å²) in [6.45, 7) is 1.39. The Labute approximate surface area is 229 Å². The number of carbonyl (C=O) groups excluding carboxylic acids is 3. The lowest BCUT2D eigenvalue weighted by Crippen LogP contribution is -2.71. The lowest BCUT2D eigenvalue weighted by atomic mass is 10.0. The van der Waals surface area contributed by atoms with E-state index < -0.39 is 47.5 Å². The molecule has 0 radical (unpaired) electrons. The van der Waals surface area contributed by atoms with E-state index in [9.17, 15) is 24.3 Å². The number of esters is 1. The van der Waals surface area contributed by atoms with E-state index in [0.717, 1.165) is 16.5 Å². The molecule has 2 atom stereocenters. The Balaban J connectivity index is 1.32. The summed E-state index contributed by atoms with van der Waals surface area (Å²) in [5, 5.41) is 16.4. The number of carboxylic acids is 1. The van der Waals surface area contributed by atoms with Crippen molar-refractivity contribution in [1.29, 1.82) is 0 Å².